The third kappa shape index (κ3) is 2.12. The van der Waals surface area contributed by atoms with Crippen molar-refractivity contribution < 1.29 is 24.5 Å². The molecule has 0 saturated carbocycles. The summed E-state index contributed by atoms with van der Waals surface area (Å²) in [6, 6.07) is 6.05. The standard InChI is InChI=1S/C14H15NO5/c16-8-3-1-7(2-4-8)15-13(17)11-9-5-6-10(20-9)12(11)14(18)19/h1-4,9-12,16H,5-6H2,(H,15,17)(H,18,19)/t9-,10+,11-,12+/m1/s1. The van der Waals surface area contributed by atoms with Crippen LogP contribution in [-0.4, -0.2) is 34.3 Å². The second-order valence-corrected chi connectivity index (χ2v) is 5.22. The average Bonchev–Trinajstić information content (AvgIpc) is 3.01. The Hall–Kier alpha value is -2.08. The number of rotatable bonds is 3. The molecule has 4 atom stereocenters. The number of anilines is 1. The Balaban J connectivity index is 1.76. The SMILES string of the molecule is O=C(O)[C@@H]1[C@H](C(=O)Nc2ccc(O)cc2)[C@H]2CC[C@@H]1O2. The summed E-state index contributed by atoms with van der Waals surface area (Å²) in [7, 11) is 0. The highest BCUT2D eigenvalue weighted by atomic mass is 16.5. The van der Waals surface area contributed by atoms with Gasteiger partial charge in [0.1, 0.15) is 5.75 Å². The van der Waals surface area contributed by atoms with Gasteiger partial charge in [-0.2, -0.15) is 0 Å². The zero-order valence-corrected chi connectivity index (χ0v) is 10.7. The molecule has 2 aliphatic rings. The number of fused-ring (bicyclic) bond motifs is 2. The number of hydrogen-bond donors (Lipinski definition) is 3. The van der Waals surface area contributed by atoms with E-state index in [0.29, 0.717) is 12.1 Å². The van der Waals surface area contributed by atoms with E-state index in [2.05, 4.69) is 5.32 Å². The van der Waals surface area contributed by atoms with Crippen LogP contribution in [0.3, 0.4) is 0 Å². The molecule has 2 bridgehead atoms. The summed E-state index contributed by atoms with van der Waals surface area (Å²) in [5, 5.41) is 21.1. The molecule has 0 aromatic heterocycles. The van der Waals surface area contributed by atoms with Gasteiger partial charge in [0.25, 0.3) is 0 Å². The summed E-state index contributed by atoms with van der Waals surface area (Å²) in [6.45, 7) is 0. The van der Waals surface area contributed by atoms with Crippen LogP contribution in [0.1, 0.15) is 12.8 Å². The highest BCUT2D eigenvalue weighted by Gasteiger charge is 2.55. The second kappa shape index (κ2) is 4.79. The monoisotopic (exact) mass is 277 g/mol. The Kier molecular flexibility index (Phi) is 3.10. The molecule has 2 saturated heterocycles. The van der Waals surface area contributed by atoms with E-state index in [1.165, 1.54) is 12.1 Å². The highest BCUT2D eigenvalue weighted by molar-refractivity contribution is 5.96. The molecule has 2 aliphatic heterocycles. The summed E-state index contributed by atoms with van der Waals surface area (Å²) in [5.41, 5.74) is 0.528. The van der Waals surface area contributed by atoms with Crippen LogP contribution in [0.4, 0.5) is 5.69 Å². The van der Waals surface area contributed by atoms with Crippen LogP contribution >= 0.6 is 0 Å². The molecule has 6 heteroatoms. The molecule has 3 N–H and O–H groups in total. The fraction of sp³-hybridized carbons (Fsp3) is 0.429. The summed E-state index contributed by atoms with van der Waals surface area (Å²) >= 11 is 0. The smallest absolute Gasteiger partial charge is 0.310 e. The number of carboxylic acids is 1. The number of aliphatic carboxylic acids is 1. The first kappa shape index (κ1) is 12.9. The molecule has 0 radical (unpaired) electrons. The van der Waals surface area contributed by atoms with Gasteiger partial charge in [0, 0.05) is 5.69 Å². The number of hydrogen-bond acceptors (Lipinski definition) is 4. The molecular weight excluding hydrogens is 262 g/mol. The highest BCUT2D eigenvalue weighted by Crippen LogP contribution is 2.44. The van der Waals surface area contributed by atoms with Crippen molar-refractivity contribution in [3.8, 4) is 5.75 Å². The molecule has 1 amide bonds. The van der Waals surface area contributed by atoms with Crippen molar-refractivity contribution in [2.45, 2.75) is 25.0 Å². The summed E-state index contributed by atoms with van der Waals surface area (Å²) < 4.78 is 5.56. The van der Waals surface area contributed by atoms with Gasteiger partial charge in [-0.15, -0.1) is 0 Å². The maximum Gasteiger partial charge on any atom is 0.310 e. The van der Waals surface area contributed by atoms with E-state index in [1.54, 1.807) is 12.1 Å². The molecule has 1 aromatic rings. The molecule has 20 heavy (non-hydrogen) atoms. The number of carbonyl (C=O) groups is 2. The maximum absolute atomic E-state index is 12.3. The minimum atomic E-state index is -0.983. The first-order valence-corrected chi connectivity index (χ1v) is 6.54. The first-order valence-electron chi connectivity index (χ1n) is 6.54. The Labute approximate surface area is 115 Å². The van der Waals surface area contributed by atoms with Crippen molar-refractivity contribution >= 4 is 17.6 Å². The molecule has 0 aliphatic carbocycles. The van der Waals surface area contributed by atoms with Crippen molar-refractivity contribution in [2.75, 3.05) is 5.32 Å². The van der Waals surface area contributed by atoms with E-state index in [1.807, 2.05) is 0 Å². The van der Waals surface area contributed by atoms with Gasteiger partial charge in [0.05, 0.1) is 24.0 Å². The van der Waals surface area contributed by atoms with Crippen LogP contribution in [0.15, 0.2) is 24.3 Å². The van der Waals surface area contributed by atoms with Crippen LogP contribution in [0.2, 0.25) is 0 Å². The van der Waals surface area contributed by atoms with E-state index in [-0.39, 0.29) is 23.9 Å². The predicted octanol–water partition coefficient (Wildman–Crippen LogP) is 1.21. The van der Waals surface area contributed by atoms with Gasteiger partial charge in [-0.25, -0.2) is 0 Å². The number of amides is 1. The zero-order valence-electron chi connectivity index (χ0n) is 10.7. The summed E-state index contributed by atoms with van der Waals surface area (Å²) in [6.07, 6.45) is 0.762. The van der Waals surface area contributed by atoms with Crippen LogP contribution in [0.25, 0.3) is 0 Å². The topological polar surface area (TPSA) is 95.9 Å². The maximum atomic E-state index is 12.3. The van der Waals surface area contributed by atoms with E-state index >= 15 is 0 Å². The van der Waals surface area contributed by atoms with Crippen molar-refractivity contribution in [1.82, 2.24) is 0 Å². The fourth-order valence-corrected chi connectivity index (χ4v) is 3.09. The molecule has 0 spiro atoms. The van der Waals surface area contributed by atoms with Crippen LogP contribution in [0, 0.1) is 11.8 Å². The lowest BCUT2D eigenvalue weighted by atomic mass is 9.78. The Morgan fingerprint density at radius 2 is 1.70 bits per heavy atom. The minimum Gasteiger partial charge on any atom is -0.508 e. The molecule has 106 valence electrons. The lowest BCUT2D eigenvalue weighted by molar-refractivity contribution is -0.147. The fourth-order valence-electron chi connectivity index (χ4n) is 3.09. The zero-order chi connectivity index (χ0) is 14.3. The van der Waals surface area contributed by atoms with Crippen molar-refractivity contribution in [3.63, 3.8) is 0 Å². The predicted molar refractivity (Wildman–Crippen MR) is 69.2 cm³/mol. The normalized spacial score (nSPS) is 31.2. The number of ether oxygens (including phenoxy) is 1. The third-order valence-electron chi connectivity index (χ3n) is 4.00. The van der Waals surface area contributed by atoms with Crippen molar-refractivity contribution in [3.05, 3.63) is 24.3 Å². The van der Waals surface area contributed by atoms with Crippen molar-refractivity contribution in [1.29, 1.82) is 0 Å². The molecule has 1 aromatic carbocycles. The van der Waals surface area contributed by atoms with E-state index < -0.39 is 17.8 Å². The number of phenolic OH excluding ortho intramolecular Hbond substituents is 1. The largest absolute Gasteiger partial charge is 0.508 e. The van der Waals surface area contributed by atoms with Gasteiger partial charge in [-0.1, -0.05) is 0 Å². The second-order valence-electron chi connectivity index (χ2n) is 5.22. The molecular formula is C14H15NO5. The van der Waals surface area contributed by atoms with Gasteiger partial charge in [0.2, 0.25) is 5.91 Å². The minimum absolute atomic E-state index is 0.106. The number of carboxylic acid groups (broad SMARTS) is 1. The van der Waals surface area contributed by atoms with E-state index in [4.69, 9.17) is 4.74 Å². The van der Waals surface area contributed by atoms with Crippen LogP contribution in [-0.2, 0) is 14.3 Å². The number of aromatic hydroxyl groups is 1. The van der Waals surface area contributed by atoms with Crippen LogP contribution in [0.5, 0.6) is 5.75 Å². The number of nitrogens with one attached hydrogen (secondary N) is 1. The summed E-state index contributed by atoms with van der Waals surface area (Å²) in [4.78, 5) is 23.6. The van der Waals surface area contributed by atoms with Gasteiger partial charge in [-0.05, 0) is 37.1 Å². The quantitative estimate of drug-likeness (QED) is 0.722. The average molecular weight is 277 g/mol. The van der Waals surface area contributed by atoms with E-state index in [0.717, 1.165) is 6.42 Å². The van der Waals surface area contributed by atoms with Gasteiger partial charge in [-0.3, -0.25) is 9.59 Å². The molecule has 6 nitrogen and oxygen atoms in total. The number of carbonyl (C=O) groups excluding carboxylic acids is 1. The number of phenols is 1. The molecule has 3 rings (SSSR count). The van der Waals surface area contributed by atoms with Gasteiger partial charge >= 0.3 is 5.97 Å². The lowest BCUT2D eigenvalue weighted by Crippen LogP contribution is -2.40. The third-order valence-corrected chi connectivity index (χ3v) is 4.00. The molecule has 2 heterocycles. The van der Waals surface area contributed by atoms with E-state index in [9.17, 15) is 19.8 Å². The Morgan fingerprint density at radius 3 is 2.30 bits per heavy atom. The Morgan fingerprint density at radius 1 is 1.10 bits per heavy atom. The van der Waals surface area contributed by atoms with Gasteiger partial charge < -0.3 is 20.3 Å². The van der Waals surface area contributed by atoms with Crippen molar-refractivity contribution in [2.24, 2.45) is 11.8 Å². The first-order chi connectivity index (χ1) is 9.56. The molecule has 2 fully saturated rings. The lowest BCUT2D eigenvalue weighted by Gasteiger charge is -2.23. The van der Waals surface area contributed by atoms with Gasteiger partial charge in [0.15, 0.2) is 0 Å². The summed E-state index contributed by atoms with van der Waals surface area (Å²) in [5.74, 6) is -2.64. The Bertz CT molecular complexity index is 541. The number of benzene rings is 1. The molecule has 0 unspecified atom stereocenters. The van der Waals surface area contributed by atoms with Crippen LogP contribution < -0.4 is 5.32 Å².